The van der Waals surface area contributed by atoms with Crippen molar-refractivity contribution < 1.29 is 9.47 Å². The third-order valence-electron chi connectivity index (χ3n) is 2.47. The van der Waals surface area contributed by atoms with Gasteiger partial charge in [-0.05, 0) is 18.2 Å². The Hall–Kier alpha value is -2.23. The normalized spacial score (nSPS) is 10.0. The van der Waals surface area contributed by atoms with Crippen LogP contribution in [0.25, 0.3) is 11.3 Å². The van der Waals surface area contributed by atoms with Crippen molar-refractivity contribution in [1.82, 2.24) is 4.98 Å². The zero-order valence-electron chi connectivity index (χ0n) is 9.69. The maximum atomic E-state index is 11.3. The van der Waals surface area contributed by atoms with Gasteiger partial charge in [0.2, 0.25) is 5.56 Å². The molecule has 0 atom stereocenters. The summed E-state index contributed by atoms with van der Waals surface area (Å²) < 4.78 is 10.6. The molecule has 2 aromatic rings. The minimum absolute atomic E-state index is 0.157. The molecule has 1 aromatic carbocycles. The zero-order valence-corrected chi connectivity index (χ0v) is 9.69. The average molecular weight is 231 g/mol. The third kappa shape index (κ3) is 2.15. The van der Waals surface area contributed by atoms with E-state index in [4.69, 9.17) is 9.47 Å². The quantitative estimate of drug-likeness (QED) is 0.879. The van der Waals surface area contributed by atoms with Crippen molar-refractivity contribution in [2.75, 3.05) is 14.2 Å². The smallest absolute Gasteiger partial charge is 0.248 e. The van der Waals surface area contributed by atoms with Gasteiger partial charge in [0.25, 0.3) is 0 Å². The number of aromatic nitrogens is 1. The van der Waals surface area contributed by atoms with Gasteiger partial charge < -0.3 is 14.5 Å². The zero-order chi connectivity index (χ0) is 12.3. The van der Waals surface area contributed by atoms with E-state index in [1.54, 1.807) is 20.3 Å². The molecule has 0 aliphatic carbocycles. The van der Waals surface area contributed by atoms with E-state index in [0.29, 0.717) is 17.2 Å². The van der Waals surface area contributed by atoms with E-state index in [0.717, 1.165) is 5.56 Å². The highest BCUT2D eigenvalue weighted by Gasteiger charge is 2.12. The maximum absolute atomic E-state index is 11.3. The second-order valence-corrected chi connectivity index (χ2v) is 3.47. The van der Waals surface area contributed by atoms with Gasteiger partial charge in [-0.2, -0.15) is 0 Å². The summed E-state index contributed by atoms with van der Waals surface area (Å²) in [7, 11) is 3.17. The first kappa shape index (κ1) is 11.3. The highest BCUT2D eigenvalue weighted by atomic mass is 16.5. The Morgan fingerprint density at radius 2 is 1.53 bits per heavy atom. The molecule has 0 spiro atoms. The average Bonchev–Trinajstić information content (AvgIpc) is 2.37. The molecule has 17 heavy (non-hydrogen) atoms. The van der Waals surface area contributed by atoms with E-state index >= 15 is 0 Å². The van der Waals surface area contributed by atoms with E-state index in [1.807, 2.05) is 24.3 Å². The van der Waals surface area contributed by atoms with Gasteiger partial charge in [-0.15, -0.1) is 0 Å². The number of hydrogen-bond donors (Lipinski definition) is 1. The van der Waals surface area contributed by atoms with Crippen LogP contribution in [0.1, 0.15) is 0 Å². The summed E-state index contributed by atoms with van der Waals surface area (Å²) in [6.07, 6.45) is 0. The molecule has 0 aliphatic rings. The molecule has 0 amide bonds. The molecule has 0 fully saturated rings. The lowest BCUT2D eigenvalue weighted by atomic mass is 10.1. The van der Waals surface area contributed by atoms with Crippen LogP contribution in [0.4, 0.5) is 0 Å². The van der Waals surface area contributed by atoms with Gasteiger partial charge in [-0.3, -0.25) is 4.79 Å². The van der Waals surface area contributed by atoms with Crippen LogP contribution in [-0.2, 0) is 0 Å². The lowest BCUT2D eigenvalue weighted by molar-refractivity contribution is 0.397. The fourth-order valence-electron chi connectivity index (χ4n) is 1.71. The molecule has 1 aromatic heterocycles. The number of hydrogen-bond acceptors (Lipinski definition) is 3. The Morgan fingerprint density at radius 1 is 0.941 bits per heavy atom. The summed E-state index contributed by atoms with van der Waals surface area (Å²) in [5.41, 5.74) is 1.26. The van der Waals surface area contributed by atoms with Gasteiger partial charge in [0.05, 0.1) is 25.5 Å². The van der Waals surface area contributed by atoms with Crippen molar-refractivity contribution in [3.8, 4) is 22.8 Å². The Bertz CT molecular complexity index is 553. The van der Waals surface area contributed by atoms with Crippen LogP contribution in [0.2, 0.25) is 0 Å². The van der Waals surface area contributed by atoms with E-state index < -0.39 is 0 Å². The van der Waals surface area contributed by atoms with Gasteiger partial charge in [0.15, 0.2) is 0 Å². The molecule has 1 N–H and O–H groups in total. The number of nitrogens with one attached hydrogen (secondary N) is 1. The molecule has 4 nitrogen and oxygen atoms in total. The van der Waals surface area contributed by atoms with Gasteiger partial charge >= 0.3 is 0 Å². The number of H-pyrrole nitrogens is 1. The Labute approximate surface area is 98.8 Å². The minimum Gasteiger partial charge on any atom is -0.496 e. The summed E-state index contributed by atoms with van der Waals surface area (Å²) in [6, 6.07) is 10.4. The molecule has 0 radical (unpaired) electrons. The van der Waals surface area contributed by atoms with Crippen LogP contribution < -0.4 is 15.0 Å². The van der Waals surface area contributed by atoms with Crippen molar-refractivity contribution in [2.24, 2.45) is 0 Å². The molecule has 88 valence electrons. The standard InChI is InChI=1S/C13H13NO3/c1-16-10-6-4-7-11(17-2)13(10)9-5-3-8-12(15)14-9/h3-8H,1-2H3,(H,14,15). The summed E-state index contributed by atoms with van der Waals surface area (Å²) >= 11 is 0. The second kappa shape index (κ2) is 4.74. The number of rotatable bonds is 3. The first-order valence-electron chi connectivity index (χ1n) is 5.17. The summed E-state index contributed by atoms with van der Waals surface area (Å²) in [5, 5.41) is 0. The van der Waals surface area contributed by atoms with Gasteiger partial charge in [-0.25, -0.2) is 0 Å². The molecular formula is C13H13NO3. The lowest BCUT2D eigenvalue weighted by Crippen LogP contribution is -2.04. The minimum atomic E-state index is -0.157. The lowest BCUT2D eigenvalue weighted by Gasteiger charge is -2.12. The number of ether oxygens (including phenoxy) is 2. The molecule has 0 aliphatic heterocycles. The first-order chi connectivity index (χ1) is 8.26. The predicted octanol–water partition coefficient (Wildman–Crippen LogP) is 2.06. The summed E-state index contributed by atoms with van der Waals surface area (Å²) in [5.74, 6) is 1.32. The van der Waals surface area contributed by atoms with Crippen LogP contribution in [0.3, 0.4) is 0 Å². The molecule has 1 heterocycles. The number of aromatic amines is 1. The monoisotopic (exact) mass is 231 g/mol. The molecule has 4 heteroatoms. The van der Waals surface area contributed by atoms with Gasteiger partial charge in [-0.1, -0.05) is 12.1 Å². The van der Waals surface area contributed by atoms with Crippen molar-refractivity contribution in [3.05, 3.63) is 46.8 Å². The highest BCUT2D eigenvalue weighted by molar-refractivity contribution is 5.74. The largest absolute Gasteiger partial charge is 0.496 e. The van der Waals surface area contributed by atoms with Crippen LogP contribution in [0, 0.1) is 0 Å². The number of benzene rings is 1. The molecule has 0 unspecified atom stereocenters. The fourth-order valence-corrected chi connectivity index (χ4v) is 1.71. The van der Waals surface area contributed by atoms with Crippen molar-refractivity contribution in [3.63, 3.8) is 0 Å². The first-order valence-corrected chi connectivity index (χ1v) is 5.17. The van der Waals surface area contributed by atoms with Crippen molar-refractivity contribution in [2.45, 2.75) is 0 Å². The van der Waals surface area contributed by atoms with E-state index in [1.165, 1.54) is 6.07 Å². The maximum Gasteiger partial charge on any atom is 0.248 e. The van der Waals surface area contributed by atoms with E-state index in [9.17, 15) is 4.79 Å². The highest BCUT2D eigenvalue weighted by Crippen LogP contribution is 2.36. The topological polar surface area (TPSA) is 51.3 Å². The molecule has 0 saturated heterocycles. The van der Waals surface area contributed by atoms with Crippen molar-refractivity contribution >= 4 is 0 Å². The Balaban J connectivity index is 2.68. The van der Waals surface area contributed by atoms with Crippen LogP contribution in [-0.4, -0.2) is 19.2 Å². The second-order valence-electron chi connectivity index (χ2n) is 3.47. The predicted molar refractivity (Wildman–Crippen MR) is 65.6 cm³/mol. The molecule has 0 saturated carbocycles. The SMILES string of the molecule is COc1cccc(OC)c1-c1cccc(=O)[nH]1. The fraction of sp³-hybridized carbons (Fsp3) is 0.154. The third-order valence-corrected chi connectivity index (χ3v) is 2.47. The van der Waals surface area contributed by atoms with Gasteiger partial charge in [0.1, 0.15) is 11.5 Å². The van der Waals surface area contributed by atoms with E-state index in [-0.39, 0.29) is 5.56 Å². The summed E-state index contributed by atoms with van der Waals surface area (Å²) in [4.78, 5) is 14.1. The molecule has 2 rings (SSSR count). The van der Waals surface area contributed by atoms with Crippen LogP contribution in [0.15, 0.2) is 41.2 Å². The number of pyridine rings is 1. The Morgan fingerprint density at radius 3 is 2.06 bits per heavy atom. The van der Waals surface area contributed by atoms with Crippen LogP contribution in [0.5, 0.6) is 11.5 Å². The van der Waals surface area contributed by atoms with E-state index in [2.05, 4.69) is 4.98 Å². The molecular weight excluding hydrogens is 218 g/mol. The summed E-state index contributed by atoms with van der Waals surface area (Å²) in [6.45, 7) is 0. The Kier molecular flexibility index (Phi) is 3.14. The van der Waals surface area contributed by atoms with Gasteiger partial charge in [0, 0.05) is 6.07 Å². The molecule has 0 bridgehead atoms. The number of methoxy groups -OCH3 is 2. The van der Waals surface area contributed by atoms with Crippen LogP contribution >= 0.6 is 0 Å². The van der Waals surface area contributed by atoms with Crippen molar-refractivity contribution in [1.29, 1.82) is 0 Å².